The van der Waals surface area contributed by atoms with Gasteiger partial charge in [0.1, 0.15) is 12.4 Å². The van der Waals surface area contributed by atoms with Crippen molar-refractivity contribution in [1.29, 1.82) is 0 Å². The van der Waals surface area contributed by atoms with Crippen LogP contribution in [-0.2, 0) is 6.61 Å². The molecule has 0 aromatic heterocycles. The van der Waals surface area contributed by atoms with Gasteiger partial charge in [0.05, 0.1) is 26.4 Å². The summed E-state index contributed by atoms with van der Waals surface area (Å²) in [5.41, 5.74) is 8.03. The van der Waals surface area contributed by atoms with Gasteiger partial charge in [-0.15, -0.1) is 12.4 Å². The molecule has 3 N–H and O–H groups in total. The number of nitrogens with two attached hydrogens (primary N) is 1. The zero-order valence-electron chi connectivity index (χ0n) is 15.5. The van der Waals surface area contributed by atoms with Crippen molar-refractivity contribution in [2.24, 2.45) is 5.73 Å². The fraction of sp³-hybridized carbons (Fsp3) is 0.400. The largest absolute Gasteiger partial charge is 0.493 e. The first-order valence-corrected chi connectivity index (χ1v) is 8.47. The molecule has 0 aliphatic heterocycles. The Morgan fingerprint density at radius 1 is 1.00 bits per heavy atom. The predicted octanol–water partition coefficient (Wildman–Crippen LogP) is 3.87. The number of methoxy groups -OCH3 is 2. The number of aliphatic hydroxyl groups excluding tert-OH is 1. The summed E-state index contributed by atoms with van der Waals surface area (Å²) < 4.78 is 16.7. The van der Waals surface area contributed by atoms with Gasteiger partial charge >= 0.3 is 0 Å². The lowest BCUT2D eigenvalue weighted by atomic mass is 9.97. The summed E-state index contributed by atoms with van der Waals surface area (Å²) >= 11 is 0. The van der Waals surface area contributed by atoms with Crippen LogP contribution < -0.4 is 19.9 Å². The van der Waals surface area contributed by atoms with Gasteiger partial charge in [-0.05, 0) is 18.1 Å². The van der Waals surface area contributed by atoms with Crippen LogP contribution in [0.2, 0.25) is 0 Å². The lowest BCUT2D eigenvalue weighted by molar-refractivity contribution is 0.132. The first-order valence-electron chi connectivity index (χ1n) is 8.47. The molecule has 0 aliphatic rings. The molecule has 26 heavy (non-hydrogen) atoms. The Bertz CT molecular complexity index is 666. The molecule has 0 saturated heterocycles. The maximum atomic E-state index is 10.3. The van der Waals surface area contributed by atoms with Gasteiger partial charge in [-0.1, -0.05) is 43.7 Å². The molecule has 0 aliphatic carbocycles. The van der Waals surface area contributed by atoms with E-state index in [0.717, 1.165) is 12.0 Å². The maximum absolute atomic E-state index is 10.3. The van der Waals surface area contributed by atoms with Gasteiger partial charge in [0.25, 0.3) is 0 Å². The minimum absolute atomic E-state index is 0. The predicted molar refractivity (Wildman–Crippen MR) is 105 cm³/mol. The van der Waals surface area contributed by atoms with E-state index < -0.39 is 12.1 Å². The normalized spacial score (nSPS) is 12.7. The lowest BCUT2D eigenvalue weighted by Gasteiger charge is -2.23. The van der Waals surface area contributed by atoms with E-state index >= 15 is 0 Å². The molecule has 0 spiro atoms. The summed E-state index contributed by atoms with van der Waals surface area (Å²) in [6.07, 6.45) is 0.817. The zero-order chi connectivity index (χ0) is 18.2. The second-order valence-electron chi connectivity index (χ2n) is 5.90. The summed E-state index contributed by atoms with van der Waals surface area (Å²) in [7, 11) is 3.14. The summed E-state index contributed by atoms with van der Waals surface area (Å²) in [6.45, 7) is 2.41. The van der Waals surface area contributed by atoms with Crippen LogP contribution in [-0.4, -0.2) is 25.4 Å². The molecule has 144 valence electrons. The topological polar surface area (TPSA) is 73.9 Å². The monoisotopic (exact) mass is 381 g/mol. The third-order valence-corrected chi connectivity index (χ3v) is 4.11. The van der Waals surface area contributed by atoms with E-state index in [2.05, 4.69) is 0 Å². The number of rotatable bonds is 9. The van der Waals surface area contributed by atoms with Crippen LogP contribution in [0.1, 0.15) is 36.9 Å². The summed E-state index contributed by atoms with van der Waals surface area (Å²) in [5.74, 6) is 1.71. The number of benzene rings is 2. The van der Waals surface area contributed by atoms with Gasteiger partial charge in [0.2, 0.25) is 0 Å². The number of hydrogen-bond acceptors (Lipinski definition) is 5. The summed E-state index contributed by atoms with van der Waals surface area (Å²) in [4.78, 5) is 0. The van der Waals surface area contributed by atoms with Crippen molar-refractivity contribution in [1.82, 2.24) is 0 Å². The summed E-state index contributed by atoms with van der Waals surface area (Å²) in [5, 5.41) is 10.3. The van der Waals surface area contributed by atoms with Crippen LogP contribution in [0.25, 0.3) is 0 Å². The average Bonchev–Trinajstić information content (AvgIpc) is 2.66. The molecular formula is C20H28ClNO4. The van der Waals surface area contributed by atoms with Crippen molar-refractivity contribution in [2.75, 3.05) is 14.2 Å². The van der Waals surface area contributed by atoms with E-state index in [4.69, 9.17) is 19.9 Å². The Labute approximate surface area is 161 Å². The molecule has 2 rings (SSSR count). The molecule has 6 heteroatoms. The van der Waals surface area contributed by atoms with Crippen LogP contribution >= 0.6 is 12.4 Å². The highest BCUT2D eigenvalue weighted by molar-refractivity contribution is 5.85. The second kappa shape index (κ2) is 10.9. The van der Waals surface area contributed by atoms with Crippen molar-refractivity contribution in [2.45, 2.75) is 38.5 Å². The van der Waals surface area contributed by atoms with Crippen molar-refractivity contribution < 1.29 is 19.3 Å². The smallest absolute Gasteiger partial charge is 0.164 e. The van der Waals surface area contributed by atoms with Crippen molar-refractivity contribution in [3.63, 3.8) is 0 Å². The summed E-state index contributed by atoms with van der Waals surface area (Å²) in [6, 6.07) is 12.8. The quantitative estimate of drug-likeness (QED) is 0.689. The van der Waals surface area contributed by atoms with Crippen LogP contribution in [0.15, 0.2) is 42.5 Å². The van der Waals surface area contributed by atoms with Gasteiger partial charge in [0, 0.05) is 11.6 Å². The number of hydrogen-bond donors (Lipinski definition) is 2. The molecule has 0 bridgehead atoms. The maximum Gasteiger partial charge on any atom is 0.164 e. The molecule has 2 aromatic carbocycles. The van der Waals surface area contributed by atoms with Crippen molar-refractivity contribution in [3.8, 4) is 17.2 Å². The van der Waals surface area contributed by atoms with E-state index in [1.807, 2.05) is 37.3 Å². The number of ether oxygens (including phenoxy) is 3. The van der Waals surface area contributed by atoms with Crippen LogP contribution in [0, 0.1) is 0 Å². The van der Waals surface area contributed by atoms with Crippen molar-refractivity contribution >= 4 is 12.4 Å². The van der Waals surface area contributed by atoms with E-state index in [0.29, 0.717) is 35.8 Å². The molecule has 0 heterocycles. The van der Waals surface area contributed by atoms with Crippen LogP contribution in [0.5, 0.6) is 17.2 Å². The number of aliphatic hydroxyl groups is 1. The lowest BCUT2D eigenvalue weighted by Crippen LogP contribution is -2.26. The van der Waals surface area contributed by atoms with Crippen molar-refractivity contribution in [3.05, 3.63) is 53.6 Å². The minimum atomic E-state index is -0.651. The van der Waals surface area contributed by atoms with Gasteiger partial charge in [-0.2, -0.15) is 0 Å². The standard InChI is InChI=1S/C20H27NO4.ClH/c1-4-8-16(22)20(21)15-11-18(23-2)19(24-3)12-17(15)25-13-14-9-6-5-7-10-14;/h5-7,9-12,16,20,22H,4,8,13,21H2,1-3H3;1H/t16-,20+;/m1./s1. The highest BCUT2D eigenvalue weighted by Crippen LogP contribution is 2.38. The highest BCUT2D eigenvalue weighted by Gasteiger charge is 2.23. The molecule has 0 radical (unpaired) electrons. The third kappa shape index (κ3) is 5.53. The Hall–Kier alpha value is -1.95. The fourth-order valence-corrected chi connectivity index (χ4v) is 2.68. The fourth-order valence-electron chi connectivity index (χ4n) is 2.68. The van der Waals surface area contributed by atoms with Gasteiger partial charge in [0.15, 0.2) is 11.5 Å². The molecule has 0 saturated carbocycles. The molecule has 0 fully saturated rings. The van der Waals surface area contributed by atoms with Gasteiger partial charge in [-0.3, -0.25) is 0 Å². The SMILES string of the molecule is CCC[C@@H](O)[C@@H](N)c1cc(OC)c(OC)cc1OCc1ccccc1.Cl. The van der Waals surface area contributed by atoms with Crippen LogP contribution in [0.4, 0.5) is 0 Å². The minimum Gasteiger partial charge on any atom is -0.493 e. The molecule has 2 atom stereocenters. The van der Waals surface area contributed by atoms with E-state index in [1.54, 1.807) is 26.4 Å². The average molecular weight is 382 g/mol. The van der Waals surface area contributed by atoms with Gasteiger partial charge in [-0.25, -0.2) is 0 Å². The molecule has 0 unspecified atom stereocenters. The molecular weight excluding hydrogens is 354 g/mol. The first-order chi connectivity index (χ1) is 12.1. The molecule has 2 aromatic rings. The Morgan fingerprint density at radius 3 is 2.19 bits per heavy atom. The van der Waals surface area contributed by atoms with E-state index in [9.17, 15) is 5.11 Å². The Morgan fingerprint density at radius 2 is 1.62 bits per heavy atom. The van der Waals surface area contributed by atoms with E-state index in [-0.39, 0.29) is 12.4 Å². The Balaban J connectivity index is 0.00000338. The zero-order valence-corrected chi connectivity index (χ0v) is 16.3. The molecule has 5 nitrogen and oxygen atoms in total. The number of halogens is 1. The second-order valence-corrected chi connectivity index (χ2v) is 5.90. The third-order valence-electron chi connectivity index (χ3n) is 4.11. The Kier molecular flexibility index (Phi) is 9.27. The highest BCUT2D eigenvalue weighted by atomic mass is 35.5. The molecule has 0 amide bonds. The van der Waals surface area contributed by atoms with Gasteiger partial charge < -0.3 is 25.1 Å². The first kappa shape index (κ1) is 22.1. The van der Waals surface area contributed by atoms with E-state index in [1.165, 1.54) is 0 Å². The van der Waals surface area contributed by atoms with Crippen LogP contribution in [0.3, 0.4) is 0 Å².